The third kappa shape index (κ3) is 3.90. The van der Waals surface area contributed by atoms with E-state index in [1.54, 1.807) is 30.3 Å². The molecule has 120 valence electrons. The largest absolute Gasteiger partial charge is 0.507 e. The molecule has 4 heteroatoms. The smallest absolute Gasteiger partial charge is 0.142 e. The Kier molecular flexibility index (Phi) is 5.54. The fourth-order valence-electron chi connectivity index (χ4n) is 2.22. The minimum absolute atomic E-state index is 0.125. The molecule has 2 aromatic rings. The molecule has 0 amide bonds. The van der Waals surface area contributed by atoms with Gasteiger partial charge in [-0.15, -0.1) is 0 Å². The van der Waals surface area contributed by atoms with Crippen LogP contribution in [0.2, 0.25) is 0 Å². The van der Waals surface area contributed by atoms with Crippen molar-refractivity contribution >= 4 is 5.82 Å². The van der Waals surface area contributed by atoms with Crippen molar-refractivity contribution < 1.29 is 5.11 Å². The number of phenols is 1. The summed E-state index contributed by atoms with van der Waals surface area (Å²) >= 11 is 0. The summed E-state index contributed by atoms with van der Waals surface area (Å²) in [5.41, 5.74) is 9.24. The van der Waals surface area contributed by atoms with Crippen molar-refractivity contribution in [2.24, 2.45) is 0 Å². The highest BCUT2D eigenvalue weighted by Gasteiger charge is 2.12. The van der Waals surface area contributed by atoms with Crippen molar-refractivity contribution in [1.29, 1.82) is 5.26 Å². The van der Waals surface area contributed by atoms with Gasteiger partial charge in [0, 0.05) is 5.56 Å². The maximum absolute atomic E-state index is 10.00. The molecule has 1 heterocycles. The summed E-state index contributed by atoms with van der Waals surface area (Å²) in [6, 6.07) is 10.8. The molecule has 0 bridgehead atoms. The number of hydrogen-bond acceptors (Lipinski definition) is 4. The average molecular weight is 317 g/mol. The van der Waals surface area contributed by atoms with Crippen LogP contribution in [-0.2, 0) is 6.42 Å². The van der Waals surface area contributed by atoms with E-state index in [2.05, 4.69) is 17.6 Å². The van der Waals surface area contributed by atoms with Gasteiger partial charge in [0.05, 0.1) is 11.3 Å². The van der Waals surface area contributed by atoms with Gasteiger partial charge in [-0.1, -0.05) is 48.6 Å². The highest BCUT2D eigenvalue weighted by Crippen LogP contribution is 2.30. The maximum atomic E-state index is 10.00. The van der Waals surface area contributed by atoms with Gasteiger partial charge in [0.25, 0.3) is 0 Å². The molecule has 0 aliphatic heterocycles. The first-order chi connectivity index (χ1) is 11.6. The van der Waals surface area contributed by atoms with E-state index < -0.39 is 0 Å². The van der Waals surface area contributed by atoms with Crippen LogP contribution < -0.4 is 5.73 Å². The molecular weight excluding hydrogens is 298 g/mol. The zero-order chi connectivity index (χ0) is 17.5. The van der Waals surface area contributed by atoms with Crippen LogP contribution in [0, 0.1) is 11.3 Å². The minimum atomic E-state index is 0.125. The second-order valence-corrected chi connectivity index (χ2v) is 5.30. The SMILES string of the molecule is C=C/C(C)=C\C=C/Cc1cc(-c2ccccc2O)nc(N)c1C#N. The molecule has 0 radical (unpaired) electrons. The zero-order valence-corrected chi connectivity index (χ0v) is 13.5. The fraction of sp³-hybridized carbons (Fsp3) is 0.100. The highest BCUT2D eigenvalue weighted by molar-refractivity contribution is 5.71. The average Bonchev–Trinajstić information content (AvgIpc) is 2.58. The molecule has 1 aromatic heterocycles. The van der Waals surface area contributed by atoms with Crippen molar-refractivity contribution in [3.63, 3.8) is 0 Å². The topological polar surface area (TPSA) is 82.9 Å². The van der Waals surface area contributed by atoms with E-state index in [0.717, 1.165) is 11.1 Å². The molecule has 1 aromatic carbocycles. The minimum Gasteiger partial charge on any atom is -0.507 e. The number of para-hydroxylation sites is 1. The number of pyridine rings is 1. The predicted molar refractivity (Wildman–Crippen MR) is 97.3 cm³/mol. The highest BCUT2D eigenvalue weighted by atomic mass is 16.3. The molecule has 0 fully saturated rings. The van der Waals surface area contributed by atoms with Crippen LogP contribution in [0.25, 0.3) is 11.3 Å². The number of benzene rings is 1. The molecule has 0 unspecified atom stereocenters. The third-order valence-corrected chi connectivity index (χ3v) is 3.58. The number of nitrogens with zero attached hydrogens (tertiary/aromatic N) is 2. The van der Waals surface area contributed by atoms with Gasteiger partial charge in [-0.3, -0.25) is 0 Å². The number of phenolic OH excluding ortho intramolecular Hbond substituents is 1. The fourth-order valence-corrected chi connectivity index (χ4v) is 2.22. The number of anilines is 1. The molecule has 0 atom stereocenters. The molecule has 2 rings (SSSR count). The summed E-state index contributed by atoms with van der Waals surface area (Å²) in [5, 5.41) is 19.3. The lowest BCUT2D eigenvalue weighted by atomic mass is 10.0. The van der Waals surface area contributed by atoms with E-state index in [1.807, 2.05) is 31.2 Å². The second kappa shape index (κ2) is 7.80. The monoisotopic (exact) mass is 317 g/mol. The first-order valence-electron chi connectivity index (χ1n) is 7.50. The van der Waals surface area contributed by atoms with E-state index >= 15 is 0 Å². The number of hydrogen-bond donors (Lipinski definition) is 2. The van der Waals surface area contributed by atoms with Gasteiger partial charge in [-0.2, -0.15) is 5.26 Å². The summed E-state index contributed by atoms with van der Waals surface area (Å²) in [4.78, 5) is 4.25. The van der Waals surface area contributed by atoms with E-state index in [1.165, 1.54) is 0 Å². The van der Waals surface area contributed by atoms with Gasteiger partial charge in [-0.05, 0) is 37.1 Å². The van der Waals surface area contributed by atoms with Gasteiger partial charge in [0.2, 0.25) is 0 Å². The Labute approximate surface area is 141 Å². The summed E-state index contributed by atoms with van der Waals surface area (Å²) in [6.45, 7) is 5.65. The van der Waals surface area contributed by atoms with Gasteiger partial charge in [0.1, 0.15) is 17.6 Å². The van der Waals surface area contributed by atoms with Crippen molar-refractivity contribution in [2.45, 2.75) is 13.3 Å². The molecule has 24 heavy (non-hydrogen) atoms. The Morgan fingerprint density at radius 1 is 1.42 bits per heavy atom. The summed E-state index contributed by atoms with van der Waals surface area (Å²) < 4.78 is 0. The van der Waals surface area contributed by atoms with Crippen molar-refractivity contribution in [1.82, 2.24) is 4.98 Å². The quantitative estimate of drug-likeness (QED) is 0.812. The Morgan fingerprint density at radius 2 is 2.17 bits per heavy atom. The number of rotatable bonds is 5. The van der Waals surface area contributed by atoms with Crippen LogP contribution in [0.4, 0.5) is 5.82 Å². The van der Waals surface area contributed by atoms with Crippen molar-refractivity contribution in [2.75, 3.05) is 5.73 Å². The summed E-state index contributed by atoms with van der Waals surface area (Å²) in [7, 11) is 0. The number of nitrogen functional groups attached to an aromatic ring is 1. The van der Waals surface area contributed by atoms with E-state index in [-0.39, 0.29) is 11.6 Å². The molecule has 0 aliphatic rings. The normalized spacial score (nSPS) is 11.4. The van der Waals surface area contributed by atoms with E-state index in [0.29, 0.717) is 23.2 Å². The maximum Gasteiger partial charge on any atom is 0.142 e. The molecule has 0 aliphatic carbocycles. The van der Waals surface area contributed by atoms with Crippen molar-refractivity contribution in [3.8, 4) is 23.1 Å². The van der Waals surface area contributed by atoms with Crippen molar-refractivity contribution in [3.05, 3.63) is 77.9 Å². The van der Waals surface area contributed by atoms with Gasteiger partial charge < -0.3 is 10.8 Å². The summed E-state index contributed by atoms with van der Waals surface area (Å²) in [6.07, 6.45) is 8.10. The van der Waals surface area contributed by atoms with E-state index in [9.17, 15) is 10.4 Å². The van der Waals surface area contributed by atoms with Crippen LogP contribution in [0.3, 0.4) is 0 Å². The number of nitriles is 1. The summed E-state index contributed by atoms with van der Waals surface area (Å²) in [5.74, 6) is 0.291. The second-order valence-electron chi connectivity index (χ2n) is 5.30. The number of allylic oxidation sites excluding steroid dienone is 5. The number of aromatic nitrogens is 1. The molecule has 0 saturated carbocycles. The predicted octanol–water partition coefficient (Wildman–Crippen LogP) is 4.14. The molecule has 4 nitrogen and oxygen atoms in total. The lowest BCUT2D eigenvalue weighted by Crippen LogP contribution is -2.01. The Morgan fingerprint density at radius 3 is 2.83 bits per heavy atom. The number of nitrogens with two attached hydrogens (primary N) is 1. The van der Waals surface area contributed by atoms with Crippen LogP contribution in [0.1, 0.15) is 18.1 Å². The van der Waals surface area contributed by atoms with E-state index in [4.69, 9.17) is 5.73 Å². The third-order valence-electron chi connectivity index (χ3n) is 3.58. The molecule has 3 N–H and O–H groups in total. The van der Waals surface area contributed by atoms with Gasteiger partial charge in [-0.25, -0.2) is 4.98 Å². The number of aromatic hydroxyl groups is 1. The van der Waals surface area contributed by atoms with Gasteiger partial charge >= 0.3 is 0 Å². The lowest BCUT2D eigenvalue weighted by molar-refractivity contribution is 0.477. The molecule has 0 spiro atoms. The molecule has 0 saturated heterocycles. The van der Waals surface area contributed by atoms with Crippen LogP contribution in [0.5, 0.6) is 5.75 Å². The first kappa shape index (κ1) is 17.0. The Hall–Kier alpha value is -3.32. The lowest BCUT2D eigenvalue weighted by Gasteiger charge is -2.09. The van der Waals surface area contributed by atoms with Crippen LogP contribution in [-0.4, -0.2) is 10.1 Å². The zero-order valence-electron chi connectivity index (χ0n) is 13.5. The first-order valence-corrected chi connectivity index (χ1v) is 7.50. The standard InChI is InChI=1S/C20H19N3O/c1-3-14(2)8-4-5-9-15-12-18(23-20(22)17(15)13-21)16-10-6-7-11-19(16)24/h3-8,10-12,24H,1,9H2,2H3,(H2,22,23)/b5-4-,14-8-. The molecular formula is C20H19N3O. The van der Waals surface area contributed by atoms with Gasteiger partial charge in [0.15, 0.2) is 0 Å². The van der Waals surface area contributed by atoms with Crippen LogP contribution in [0.15, 0.2) is 66.8 Å². The Bertz CT molecular complexity index is 858. The van der Waals surface area contributed by atoms with Crippen LogP contribution >= 0.6 is 0 Å². The Balaban J connectivity index is 2.42.